The zero-order valence-corrected chi connectivity index (χ0v) is 18.6. The largest absolute Gasteiger partial charge is 0.462 e. The molecule has 2 N–H and O–H groups in total. The second kappa shape index (κ2) is 9.05. The van der Waals surface area contributed by atoms with Crippen molar-refractivity contribution in [3.05, 3.63) is 33.0 Å². The van der Waals surface area contributed by atoms with Crippen LogP contribution in [0.25, 0.3) is 0 Å². The van der Waals surface area contributed by atoms with E-state index in [4.69, 9.17) is 17.0 Å². The standard InChI is InChI=1S/C20H28N4O2S2/c1-5-24-13(4)15(12(3)23-24)11-21-20(27)22-18-17(19(25)26-6-2)14-9-7-8-10-16(14)28-18/h5-11H2,1-4H3,(H2,21,22,27). The number of ether oxygens (including phenoxy) is 1. The van der Waals surface area contributed by atoms with E-state index in [9.17, 15) is 4.79 Å². The maximum absolute atomic E-state index is 12.6. The van der Waals surface area contributed by atoms with Gasteiger partial charge in [-0.15, -0.1) is 11.3 Å². The molecule has 0 spiro atoms. The lowest BCUT2D eigenvalue weighted by atomic mass is 9.95. The van der Waals surface area contributed by atoms with Crippen LogP contribution in [-0.4, -0.2) is 27.5 Å². The number of fused-ring (bicyclic) bond motifs is 1. The predicted molar refractivity (Wildman–Crippen MR) is 117 cm³/mol. The number of carbonyl (C=O) groups excluding carboxylic acids is 1. The number of nitrogens with zero attached hydrogens (tertiary/aromatic N) is 2. The van der Waals surface area contributed by atoms with Crippen LogP contribution >= 0.6 is 23.6 Å². The molecule has 0 atom stereocenters. The van der Waals surface area contributed by atoms with Crippen molar-refractivity contribution in [2.24, 2.45) is 0 Å². The van der Waals surface area contributed by atoms with Crippen molar-refractivity contribution in [3.8, 4) is 0 Å². The summed E-state index contributed by atoms with van der Waals surface area (Å²) < 4.78 is 7.30. The van der Waals surface area contributed by atoms with Crippen molar-refractivity contribution in [1.82, 2.24) is 15.1 Å². The van der Waals surface area contributed by atoms with Crippen LogP contribution in [0.15, 0.2) is 0 Å². The summed E-state index contributed by atoms with van der Waals surface area (Å²) in [5, 5.41) is 12.4. The number of hydrogen-bond donors (Lipinski definition) is 2. The summed E-state index contributed by atoms with van der Waals surface area (Å²) in [4.78, 5) is 13.8. The van der Waals surface area contributed by atoms with Crippen LogP contribution in [0.3, 0.4) is 0 Å². The number of carbonyl (C=O) groups is 1. The first kappa shape index (κ1) is 20.8. The van der Waals surface area contributed by atoms with Crippen LogP contribution in [-0.2, 0) is 30.7 Å². The summed E-state index contributed by atoms with van der Waals surface area (Å²) in [6.07, 6.45) is 4.22. The highest BCUT2D eigenvalue weighted by atomic mass is 32.1. The zero-order chi connectivity index (χ0) is 20.3. The fourth-order valence-electron chi connectivity index (χ4n) is 3.69. The summed E-state index contributed by atoms with van der Waals surface area (Å²) in [5.74, 6) is -0.261. The Hall–Kier alpha value is -1.93. The Morgan fingerprint density at radius 2 is 2.04 bits per heavy atom. The van der Waals surface area contributed by atoms with Crippen molar-refractivity contribution >= 4 is 39.6 Å². The van der Waals surface area contributed by atoms with E-state index in [2.05, 4.69) is 29.6 Å². The monoisotopic (exact) mass is 420 g/mol. The molecule has 8 heteroatoms. The van der Waals surface area contributed by atoms with Gasteiger partial charge in [0.2, 0.25) is 0 Å². The number of anilines is 1. The van der Waals surface area contributed by atoms with Gasteiger partial charge in [0.25, 0.3) is 0 Å². The number of esters is 1. The van der Waals surface area contributed by atoms with Crippen LogP contribution in [0.1, 0.15) is 64.4 Å². The molecule has 1 aliphatic rings. The fraction of sp³-hybridized carbons (Fsp3) is 0.550. The van der Waals surface area contributed by atoms with Gasteiger partial charge in [-0.2, -0.15) is 5.10 Å². The molecule has 2 aromatic rings. The summed E-state index contributed by atoms with van der Waals surface area (Å²) in [6.45, 7) is 9.81. The smallest absolute Gasteiger partial charge is 0.341 e. The van der Waals surface area contributed by atoms with Gasteiger partial charge in [0.15, 0.2) is 5.11 Å². The Balaban J connectivity index is 1.74. The summed E-state index contributed by atoms with van der Waals surface area (Å²) in [7, 11) is 0. The van der Waals surface area contributed by atoms with Crippen LogP contribution in [0.5, 0.6) is 0 Å². The minimum absolute atomic E-state index is 0.261. The van der Waals surface area contributed by atoms with Gasteiger partial charge in [0.05, 0.1) is 17.9 Å². The molecule has 6 nitrogen and oxygen atoms in total. The normalized spacial score (nSPS) is 13.1. The molecule has 1 aliphatic carbocycles. The lowest BCUT2D eigenvalue weighted by Gasteiger charge is -2.13. The van der Waals surface area contributed by atoms with Gasteiger partial charge in [0.1, 0.15) is 5.00 Å². The molecule has 3 rings (SSSR count). The number of aryl methyl sites for hydroxylation is 3. The van der Waals surface area contributed by atoms with Crippen LogP contribution in [0.4, 0.5) is 5.00 Å². The molecule has 0 fully saturated rings. The molecule has 0 saturated carbocycles. The van der Waals surface area contributed by atoms with E-state index < -0.39 is 0 Å². The molecular formula is C20H28N4O2S2. The average molecular weight is 421 g/mol. The van der Waals surface area contributed by atoms with Crippen molar-refractivity contribution in [2.45, 2.75) is 66.5 Å². The van der Waals surface area contributed by atoms with E-state index in [1.54, 1.807) is 11.3 Å². The molecule has 0 amide bonds. The van der Waals surface area contributed by atoms with Gasteiger partial charge in [-0.05, 0) is 71.2 Å². The number of rotatable bonds is 6. The fourth-order valence-corrected chi connectivity index (χ4v) is 5.21. The van der Waals surface area contributed by atoms with E-state index in [-0.39, 0.29) is 5.97 Å². The Morgan fingerprint density at radius 3 is 2.71 bits per heavy atom. The highest BCUT2D eigenvalue weighted by Crippen LogP contribution is 2.38. The van der Waals surface area contributed by atoms with Crippen molar-refractivity contribution in [2.75, 3.05) is 11.9 Å². The van der Waals surface area contributed by atoms with Gasteiger partial charge < -0.3 is 15.4 Å². The Bertz CT molecular complexity index is 885. The minimum Gasteiger partial charge on any atom is -0.462 e. The minimum atomic E-state index is -0.261. The van der Waals surface area contributed by atoms with Crippen LogP contribution < -0.4 is 10.6 Å². The molecule has 0 unspecified atom stereocenters. The van der Waals surface area contributed by atoms with E-state index in [1.807, 2.05) is 18.5 Å². The number of aromatic nitrogens is 2. The first-order valence-corrected chi connectivity index (χ1v) is 11.1. The first-order valence-electron chi connectivity index (χ1n) is 9.85. The van der Waals surface area contributed by atoms with Gasteiger partial charge in [-0.3, -0.25) is 4.68 Å². The van der Waals surface area contributed by atoms with E-state index in [0.717, 1.165) is 59.7 Å². The quantitative estimate of drug-likeness (QED) is 0.541. The summed E-state index contributed by atoms with van der Waals surface area (Å²) in [6, 6.07) is 0. The number of nitrogens with one attached hydrogen (secondary N) is 2. The molecular weight excluding hydrogens is 392 g/mol. The van der Waals surface area contributed by atoms with Crippen molar-refractivity contribution < 1.29 is 9.53 Å². The number of hydrogen-bond acceptors (Lipinski definition) is 5. The first-order chi connectivity index (χ1) is 13.5. The predicted octanol–water partition coefficient (Wildman–Crippen LogP) is 4.12. The van der Waals surface area contributed by atoms with Gasteiger partial charge >= 0.3 is 5.97 Å². The number of thiocarbonyl (C=S) groups is 1. The zero-order valence-electron chi connectivity index (χ0n) is 17.0. The van der Waals surface area contributed by atoms with Crippen LogP contribution in [0.2, 0.25) is 0 Å². The molecule has 0 aliphatic heterocycles. The molecule has 0 saturated heterocycles. The lowest BCUT2D eigenvalue weighted by molar-refractivity contribution is 0.0526. The molecule has 0 radical (unpaired) electrons. The molecule has 2 heterocycles. The maximum atomic E-state index is 12.6. The van der Waals surface area contributed by atoms with Gasteiger partial charge in [-0.25, -0.2) is 4.79 Å². The third kappa shape index (κ3) is 4.22. The molecule has 152 valence electrons. The van der Waals surface area contributed by atoms with Gasteiger partial charge in [-0.1, -0.05) is 0 Å². The van der Waals surface area contributed by atoms with Crippen LogP contribution in [0, 0.1) is 13.8 Å². The highest BCUT2D eigenvalue weighted by molar-refractivity contribution is 7.80. The number of thiophene rings is 1. The molecule has 28 heavy (non-hydrogen) atoms. The Kier molecular flexibility index (Phi) is 6.72. The summed E-state index contributed by atoms with van der Waals surface area (Å²) in [5.41, 5.74) is 5.11. The molecule has 0 bridgehead atoms. The SMILES string of the molecule is CCOC(=O)c1c(NC(=S)NCc2c(C)nn(CC)c2C)sc2c1CCCC2. The van der Waals surface area contributed by atoms with Crippen molar-refractivity contribution in [1.29, 1.82) is 0 Å². The Morgan fingerprint density at radius 1 is 1.29 bits per heavy atom. The lowest BCUT2D eigenvalue weighted by Crippen LogP contribution is -2.28. The van der Waals surface area contributed by atoms with Gasteiger partial charge in [0, 0.05) is 29.2 Å². The van der Waals surface area contributed by atoms with E-state index >= 15 is 0 Å². The highest BCUT2D eigenvalue weighted by Gasteiger charge is 2.26. The van der Waals surface area contributed by atoms with Crippen molar-refractivity contribution in [3.63, 3.8) is 0 Å². The average Bonchev–Trinajstić information content (AvgIpc) is 3.16. The second-order valence-corrected chi connectivity index (χ2v) is 8.42. The second-order valence-electron chi connectivity index (χ2n) is 6.91. The topological polar surface area (TPSA) is 68.2 Å². The van der Waals surface area contributed by atoms with E-state index in [0.29, 0.717) is 23.8 Å². The maximum Gasteiger partial charge on any atom is 0.341 e. The Labute approximate surface area is 175 Å². The summed E-state index contributed by atoms with van der Waals surface area (Å²) >= 11 is 7.14. The van der Waals surface area contributed by atoms with E-state index in [1.165, 1.54) is 4.88 Å². The third-order valence-corrected chi connectivity index (χ3v) is 6.59. The molecule has 2 aromatic heterocycles. The third-order valence-electron chi connectivity index (χ3n) is 5.13. The molecule has 0 aromatic carbocycles.